The quantitative estimate of drug-likeness (QED) is 0.876. The fourth-order valence-corrected chi connectivity index (χ4v) is 2.43. The van der Waals surface area contributed by atoms with Gasteiger partial charge in [0.2, 0.25) is 0 Å². The van der Waals surface area contributed by atoms with E-state index in [4.69, 9.17) is 0 Å². The summed E-state index contributed by atoms with van der Waals surface area (Å²) in [4.78, 5) is 1.30. The van der Waals surface area contributed by atoms with Crippen LogP contribution in [0.25, 0.3) is 6.08 Å². The van der Waals surface area contributed by atoms with Crippen LogP contribution >= 0.6 is 27.3 Å². The zero-order valence-electron chi connectivity index (χ0n) is 8.10. The second-order valence-electron chi connectivity index (χ2n) is 3.07. The lowest BCUT2D eigenvalue weighted by atomic mass is 10.1. The summed E-state index contributed by atoms with van der Waals surface area (Å²) < 4.78 is 1.16. The number of hydrogen-bond donors (Lipinski definition) is 1. The molecule has 3 heteroatoms. The van der Waals surface area contributed by atoms with Crippen molar-refractivity contribution in [2.75, 3.05) is 7.05 Å². The van der Waals surface area contributed by atoms with Crippen molar-refractivity contribution >= 4 is 33.3 Å². The number of hydrogen-bond acceptors (Lipinski definition) is 2. The number of rotatable bonds is 3. The fraction of sp³-hybridized carbons (Fsp3) is 0.400. The van der Waals surface area contributed by atoms with Crippen LogP contribution in [0.2, 0.25) is 0 Å². The van der Waals surface area contributed by atoms with Crippen LogP contribution in [0.4, 0.5) is 0 Å². The highest BCUT2D eigenvalue weighted by molar-refractivity contribution is 9.10. The molecule has 1 unspecified atom stereocenters. The highest BCUT2D eigenvalue weighted by atomic mass is 79.9. The van der Waals surface area contributed by atoms with Crippen LogP contribution < -0.4 is 5.32 Å². The van der Waals surface area contributed by atoms with Crippen LogP contribution in [0.5, 0.6) is 0 Å². The second-order valence-corrected chi connectivity index (χ2v) is 4.92. The number of nitrogens with one attached hydrogen (secondary N) is 1. The van der Waals surface area contributed by atoms with Crippen molar-refractivity contribution in [1.29, 1.82) is 0 Å². The highest BCUT2D eigenvalue weighted by Gasteiger charge is 2.01. The van der Waals surface area contributed by atoms with Crippen LogP contribution in [0.15, 0.2) is 21.5 Å². The van der Waals surface area contributed by atoms with Gasteiger partial charge in [-0.3, -0.25) is 0 Å². The Bertz CT molecular complexity index is 304. The van der Waals surface area contributed by atoms with Crippen LogP contribution in [0, 0.1) is 0 Å². The molecule has 1 nitrogen and oxygen atoms in total. The van der Waals surface area contributed by atoms with E-state index in [1.165, 1.54) is 10.5 Å². The lowest BCUT2D eigenvalue weighted by Crippen LogP contribution is -2.21. The Balaban J connectivity index is 2.76. The average molecular weight is 260 g/mol. The number of halogens is 1. The maximum atomic E-state index is 3.44. The third-order valence-electron chi connectivity index (χ3n) is 2.07. The summed E-state index contributed by atoms with van der Waals surface area (Å²) >= 11 is 5.20. The molecule has 0 spiro atoms. The molecule has 0 saturated heterocycles. The van der Waals surface area contributed by atoms with Gasteiger partial charge in [-0.15, -0.1) is 11.3 Å². The molecule has 1 heterocycles. The van der Waals surface area contributed by atoms with E-state index in [9.17, 15) is 0 Å². The lowest BCUT2D eigenvalue weighted by Gasteiger charge is -2.09. The van der Waals surface area contributed by atoms with Gasteiger partial charge in [-0.05, 0) is 49.0 Å². The van der Waals surface area contributed by atoms with E-state index in [2.05, 4.69) is 52.6 Å². The van der Waals surface area contributed by atoms with Crippen LogP contribution in [0.1, 0.15) is 18.7 Å². The Morgan fingerprint density at radius 3 is 2.85 bits per heavy atom. The maximum Gasteiger partial charge on any atom is 0.0288 e. The third-order valence-corrected chi connectivity index (χ3v) is 3.71. The molecule has 0 aliphatic heterocycles. The first-order chi connectivity index (χ1) is 6.13. The molecule has 1 atom stereocenters. The Kier molecular flexibility index (Phi) is 4.16. The van der Waals surface area contributed by atoms with E-state index >= 15 is 0 Å². The summed E-state index contributed by atoms with van der Waals surface area (Å²) in [5, 5.41) is 5.32. The van der Waals surface area contributed by atoms with Crippen molar-refractivity contribution in [1.82, 2.24) is 5.32 Å². The normalized spacial score (nSPS) is 14.6. The maximum absolute atomic E-state index is 3.44. The third kappa shape index (κ3) is 3.25. The van der Waals surface area contributed by atoms with E-state index in [0.29, 0.717) is 6.04 Å². The van der Waals surface area contributed by atoms with E-state index in [-0.39, 0.29) is 0 Å². The van der Waals surface area contributed by atoms with Gasteiger partial charge in [0, 0.05) is 20.8 Å². The van der Waals surface area contributed by atoms with Gasteiger partial charge in [-0.25, -0.2) is 0 Å². The molecule has 0 fully saturated rings. The van der Waals surface area contributed by atoms with Crippen molar-refractivity contribution in [3.63, 3.8) is 0 Å². The number of thiophene rings is 1. The molecule has 0 amide bonds. The molecule has 0 saturated carbocycles. The van der Waals surface area contributed by atoms with Gasteiger partial charge < -0.3 is 5.32 Å². The first-order valence-corrected chi connectivity index (χ1v) is 5.90. The largest absolute Gasteiger partial charge is 0.314 e. The average Bonchev–Trinajstić information content (AvgIpc) is 2.49. The summed E-state index contributed by atoms with van der Waals surface area (Å²) in [7, 11) is 1.98. The first-order valence-electron chi connectivity index (χ1n) is 4.23. The van der Waals surface area contributed by atoms with Gasteiger partial charge >= 0.3 is 0 Å². The molecule has 13 heavy (non-hydrogen) atoms. The van der Waals surface area contributed by atoms with Crippen LogP contribution in [0.3, 0.4) is 0 Å². The summed E-state index contributed by atoms with van der Waals surface area (Å²) in [5.74, 6) is 0. The van der Waals surface area contributed by atoms with Gasteiger partial charge in [-0.1, -0.05) is 5.57 Å². The molecule has 1 N–H and O–H groups in total. The lowest BCUT2D eigenvalue weighted by molar-refractivity contribution is 0.696. The van der Waals surface area contributed by atoms with E-state index < -0.39 is 0 Å². The molecule has 0 bridgehead atoms. The standard InChI is InChI=1S/C10H14BrNS/c1-7(8(2)12-3)4-10-5-9(11)6-13-10/h4-6,8,12H,1-3H3. The van der Waals surface area contributed by atoms with Gasteiger partial charge in [0.25, 0.3) is 0 Å². The van der Waals surface area contributed by atoms with E-state index in [1.54, 1.807) is 11.3 Å². The predicted molar refractivity (Wildman–Crippen MR) is 64.2 cm³/mol. The van der Waals surface area contributed by atoms with Crippen molar-refractivity contribution < 1.29 is 0 Å². The molecular weight excluding hydrogens is 246 g/mol. The van der Waals surface area contributed by atoms with Gasteiger partial charge in [-0.2, -0.15) is 0 Å². The Hall–Kier alpha value is -0.120. The minimum absolute atomic E-state index is 0.445. The molecular formula is C10H14BrNS. The van der Waals surface area contributed by atoms with Crippen LogP contribution in [-0.2, 0) is 0 Å². The van der Waals surface area contributed by atoms with Crippen molar-refractivity contribution in [3.05, 3.63) is 26.4 Å². The molecule has 0 radical (unpaired) electrons. The van der Waals surface area contributed by atoms with Crippen LogP contribution in [-0.4, -0.2) is 13.1 Å². The molecule has 1 rings (SSSR count). The summed E-state index contributed by atoms with van der Waals surface area (Å²) in [5.41, 5.74) is 1.36. The summed E-state index contributed by atoms with van der Waals surface area (Å²) in [6, 6.07) is 2.58. The molecule has 0 aliphatic rings. The van der Waals surface area contributed by atoms with Crippen molar-refractivity contribution in [3.8, 4) is 0 Å². The van der Waals surface area contributed by atoms with Gasteiger partial charge in [0.05, 0.1) is 0 Å². The van der Waals surface area contributed by atoms with Crippen molar-refractivity contribution in [2.24, 2.45) is 0 Å². The smallest absolute Gasteiger partial charge is 0.0288 e. The van der Waals surface area contributed by atoms with Crippen molar-refractivity contribution in [2.45, 2.75) is 19.9 Å². The molecule has 0 aliphatic carbocycles. The van der Waals surface area contributed by atoms with E-state index in [1.807, 2.05) is 7.05 Å². The molecule has 0 aromatic carbocycles. The Morgan fingerprint density at radius 2 is 2.38 bits per heavy atom. The van der Waals surface area contributed by atoms with Gasteiger partial charge in [0.15, 0.2) is 0 Å². The summed E-state index contributed by atoms with van der Waals surface area (Å²) in [6.07, 6.45) is 2.22. The predicted octanol–water partition coefficient (Wildman–Crippen LogP) is 3.52. The monoisotopic (exact) mass is 259 g/mol. The topological polar surface area (TPSA) is 12.0 Å². The Labute approximate surface area is 92.0 Å². The Morgan fingerprint density at radius 1 is 1.69 bits per heavy atom. The molecule has 1 aromatic heterocycles. The van der Waals surface area contributed by atoms with Gasteiger partial charge in [0.1, 0.15) is 0 Å². The SMILES string of the molecule is CNC(C)C(C)=Cc1cc(Br)cs1. The minimum atomic E-state index is 0.445. The zero-order chi connectivity index (χ0) is 9.84. The second kappa shape index (κ2) is 4.94. The minimum Gasteiger partial charge on any atom is -0.314 e. The zero-order valence-corrected chi connectivity index (χ0v) is 10.5. The molecule has 72 valence electrons. The number of likely N-dealkylation sites (N-methyl/N-ethyl adjacent to an activating group) is 1. The first kappa shape index (κ1) is 11.0. The highest BCUT2D eigenvalue weighted by Crippen LogP contribution is 2.22. The van der Waals surface area contributed by atoms with E-state index in [0.717, 1.165) is 4.47 Å². The summed E-state index contributed by atoms with van der Waals surface area (Å²) in [6.45, 7) is 4.31. The molecule has 1 aromatic rings. The fourth-order valence-electron chi connectivity index (χ4n) is 0.981.